The number of rotatable bonds is 3. The van der Waals surface area contributed by atoms with E-state index < -0.39 is 17.6 Å². The van der Waals surface area contributed by atoms with Crippen LogP contribution in [0.3, 0.4) is 0 Å². The number of anilines is 1. The monoisotopic (exact) mass is 430 g/mol. The lowest BCUT2D eigenvalue weighted by atomic mass is 9.96. The van der Waals surface area contributed by atoms with Gasteiger partial charge in [-0.05, 0) is 29.8 Å². The maximum absolute atomic E-state index is 14.3. The summed E-state index contributed by atoms with van der Waals surface area (Å²) >= 11 is 0. The highest BCUT2D eigenvalue weighted by Gasteiger charge is 2.35. The van der Waals surface area contributed by atoms with Crippen LogP contribution in [0.4, 0.5) is 23.4 Å². The Morgan fingerprint density at radius 3 is 2.39 bits per heavy atom. The van der Waals surface area contributed by atoms with Crippen LogP contribution in [-0.2, 0) is 11.0 Å². The minimum Gasteiger partial charge on any atom is -0.352 e. The Morgan fingerprint density at radius 2 is 1.74 bits per heavy atom. The van der Waals surface area contributed by atoms with Crippen LogP contribution >= 0.6 is 0 Å². The number of carbonyl (C=O) groups excluding carboxylic acids is 1. The fraction of sp³-hybridized carbons (Fsp3) is 0.227. The van der Waals surface area contributed by atoms with Gasteiger partial charge in [0.05, 0.1) is 11.1 Å². The van der Waals surface area contributed by atoms with Crippen LogP contribution in [0.25, 0.3) is 22.0 Å². The number of alkyl halides is 3. The summed E-state index contributed by atoms with van der Waals surface area (Å²) < 4.78 is 56.0. The average molecular weight is 430 g/mol. The maximum atomic E-state index is 14.3. The van der Waals surface area contributed by atoms with Crippen LogP contribution in [-0.4, -0.2) is 47.0 Å². The molecule has 1 amide bonds. The van der Waals surface area contributed by atoms with Gasteiger partial charge in [0.15, 0.2) is 0 Å². The quantitative estimate of drug-likeness (QED) is 0.460. The third-order valence-electron chi connectivity index (χ3n) is 5.29. The predicted molar refractivity (Wildman–Crippen MR) is 109 cm³/mol. The van der Waals surface area contributed by atoms with Gasteiger partial charge in [0.2, 0.25) is 5.91 Å². The minimum absolute atomic E-state index is 0.145. The van der Waals surface area contributed by atoms with E-state index in [9.17, 15) is 22.4 Å². The molecule has 0 unspecified atom stereocenters. The molecule has 160 valence electrons. The molecule has 0 spiro atoms. The van der Waals surface area contributed by atoms with Crippen molar-refractivity contribution in [3.63, 3.8) is 0 Å². The lowest BCUT2D eigenvalue weighted by Crippen LogP contribution is -2.48. The molecular weight excluding hydrogens is 412 g/mol. The summed E-state index contributed by atoms with van der Waals surface area (Å²) in [5, 5.41) is 0.221. The van der Waals surface area contributed by atoms with E-state index in [1.54, 1.807) is 4.90 Å². The van der Waals surface area contributed by atoms with Crippen molar-refractivity contribution >= 4 is 22.6 Å². The molecular formula is C22H18F4N4O. The van der Waals surface area contributed by atoms with Gasteiger partial charge >= 0.3 is 6.18 Å². The van der Waals surface area contributed by atoms with E-state index in [4.69, 9.17) is 0 Å². The van der Waals surface area contributed by atoms with Crippen molar-refractivity contribution in [3.05, 3.63) is 66.8 Å². The maximum Gasteiger partial charge on any atom is 0.417 e. The van der Waals surface area contributed by atoms with Gasteiger partial charge in [-0.2, -0.15) is 13.2 Å². The highest BCUT2D eigenvalue weighted by Crippen LogP contribution is 2.41. The summed E-state index contributed by atoms with van der Waals surface area (Å²) in [5.41, 5.74) is -1.10. The summed E-state index contributed by atoms with van der Waals surface area (Å²) in [7, 11) is 0. The Kier molecular flexibility index (Phi) is 5.34. The molecule has 0 bridgehead atoms. The van der Waals surface area contributed by atoms with E-state index in [0.717, 1.165) is 12.1 Å². The molecule has 9 heteroatoms. The Bertz CT molecular complexity index is 1150. The van der Waals surface area contributed by atoms with Crippen LogP contribution in [0.15, 0.2) is 55.4 Å². The third kappa shape index (κ3) is 3.95. The summed E-state index contributed by atoms with van der Waals surface area (Å²) in [6.07, 6.45) is -2.19. The molecule has 1 aliphatic heterocycles. The number of piperazine rings is 1. The van der Waals surface area contributed by atoms with Crippen LogP contribution in [0.2, 0.25) is 0 Å². The first-order valence-corrected chi connectivity index (χ1v) is 9.56. The zero-order valence-corrected chi connectivity index (χ0v) is 16.4. The van der Waals surface area contributed by atoms with E-state index in [-0.39, 0.29) is 27.9 Å². The number of fused-ring (bicyclic) bond motifs is 1. The highest BCUT2D eigenvalue weighted by atomic mass is 19.4. The first-order valence-electron chi connectivity index (χ1n) is 9.56. The van der Waals surface area contributed by atoms with E-state index in [2.05, 4.69) is 16.5 Å². The van der Waals surface area contributed by atoms with Gasteiger partial charge in [-0.3, -0.25) is 4.79 Å². The second-order valence-corrected chi connectivity index (χ2v) is 7.11. The number of nitrogens with zero attached hydrogens (tertiary/aromatic N) is 4. The zero-order valence-electron chi connectivity index (χ0n) is 16.4. The van der Waals surface area contributed by atoms with Gasteiger partial charge in [0, 0.05) is 37.1 Å². The van der Waals surface area contributed by atoms with E-state index in [0.29, 0.717) is 32.0 Å². The lowest BCUT2D eigenvalue weighted by Gasteiger charge is -2.35. The van der Waals surface area contributed by atoms with Crippen molar-refractivity contribution in [2.45, 2.75) is 6.18 Å². The van der Waals surface area contributed by atoms with Crippen LogP contribution in [0.5, 0.6) is 0 Å². The first-order chi connectivity index (χ1) is 14.8. The normalized spacial score (nSPS) is 14.7. The molecule has 3 aromatic rings. The Labute approximate surface area is 175 Å². The van der Waals surface area contributed by atoms with Gasteiger partial charge in [-0.25, -0.2) is 14.4 Å². The van der Waals surface area contributed by atoms with Gasteiger partial charge in [-0.15, -0.1) is 0 Å². The van der Waals surface area contributed by atoms with Crippen LogP contribution in [0, 0.1) is 5.82 Å². The van der Waals surface area contributed by atoms with Crippen molar-refractivity contribution in [1.82, 2.24) is 14.9 Å². The summed E-state index contributed by atoms with van der Waals surface area (Å²) in [5.74, 6) is -0.591. The number of benzene rings is 2. The molecule has 1 aromatic heterocycles. The summed E-state index contributed by atoms with van der Waals surface area (Å²) in [6, 6.07) is 7.56. The van der Waals surface area contributed by atoms with E-state index in [1.165, 1.54) is 36.7 Å². The molecule has 4 rings (SSSR count). The number of carbonyl (C=O) groups is 1. The number of hydrogen-bond acceptors (Lipinski definition) is 4. The zero-order chi connectivity index (χ0) is 22.2. The Morgan fingerprint density at radius 1 is 1.03 bits per heavy atom. The van der Waals surface area contributed by atoms with Crippen molar-refractivity contribution < 1.29 is 22.4 Å². The second-order valence-electron chi connectivity index (χ2n) is 7.11. The molecule has 1 saturated heterocycles. The van der Waals surface area contributed by atoms with Crippen molar-refractivity contribution in [1.29, 1.82) is 0 Å². The van der Waals surface area contributed by atoms with Gasteiger partial charge in [-0.1, -0.05) is 24.8 Å². The molecule has 0 radical (unpaired) electrons. The third-order valence-corrected chi connectivity index (χ3v) is 5.29. The van der Waals surface area contributed by atoms with Crippen molar-refractivity contribution in [2.24, 2.45) is 0 Å². The molecule has 0 atom stereocenters. The van der Waals surface area contributed by atoms with Crippen molar-refractivity contribution in [2.75, 3.05) is 31.1 Å². The van der Waals surface area contributed by atoms with Gasteiger partial charge in [0.1, 0.15) is 18.0 Å². The molecule has 2 aromatic carbocycles. The SMILES string of the molecule is C=CC(=O)N1CCN(c2ncnc3cc(-c4ccccc4F)c(C(F)(F)F)cc23)CC1. The van der Waals surface area contributed by atoms with Crippen LogP contribution in [0.1, 0.15) is 5.56 Å². The minimum atomic E-state index is -4.70. The van der Waals surface area contributed by atoms with Gasteiger partial charge in [0.25, 0.3) is 0 Å². The fourth-order valence-electron chi connectivity index (χ4n) is 3.75. The van der Waals surface area contributed by atoms with E-state index in [1.807, 2.05) is 4.90 Å². The number of hydrogen-bond donors (Lipinski definition) is 0. The smallest absolute Gasteiger partial charge is 0.352 e. The van der Waals surface area contributed by atoms with Crippen molar-refractivity contribution in [3.8, 4) is 11.1 Å². The molecule has 0 saturated carbocycles. The standard InChI is InChI=1S/C22H18F4N4O/c1-2-20(31)29-7-9-30(10-8-29)21-16-11-17(22(24,25)26)15(12-19(16)27-13-28-21)14-5-3-4-6-18(14)23/h2-6,11-13H,1,7-10H2. The Hall–Kier alpha value is -3.49. The predicted octanol–water partition coefficient (Wildman–Crippen LogP) is 4.29. The van der Waals surface area contributed by atoms with Crippen LogP contribution < -0.4 is 4.90 Å². The molecule has 1 fully saturated rings. The lowest BCUT2D eigenvalue weighted by molar-refractivity contribution is -0.137. The number of amides is 1. The van der Waals surface area contributed by atoms with E-state index >= 15 is 0 Å². The molecule has 31 heavy (non-hydrogen) atoms. The molecule has 0 aliphatic carbocycles. The molecule has 2 heterocycles. The average Bonchev–Trinajstić information content (AvgIpc) is 2.77. The van der Waals surface area contributed by atoms with Gasteiger partial charge < -0.3 is 9.80 Å². The molecule has 0 N–H and O–H groups in total. The molecule has 5 nitrogen and oxygen atoms in total. The molecule has 1 aliphatic rings. The summed E-state index contributed by atoms with van der Waals surface area (Å²) in [6.45, 7) is 5.07. The Balaban J connectivity index is 1.81. The topological polar surface area (TPSA) is 49.3 Å². The first kappa shape index (κ1) is 20.8. The highest BCUT2D eigenvalue weighted by molar-refractivity contribution is 5.94. The second kappa shape index (κ2) is 7.98. The number of halogens is 4. The number of aromatic nitrogens is 2. The summed E-state index contributed by atoms with van der Waals surface area (Å²) in [4.78, 5) is 23.6. The largest absolute Gasteiger partial charge is 0.417 e. The fourth-order valence-corrected chi connectivity index (χ4v) is 3.75.